The lowest BCUT2D eigenvalue weighted by molar-refractivity contribution is -0.121. The molecule has 6 nitrogen and oxygen atoms in total. The Kier molecular flexibility index (Phi) is 5.13. The van der Waals surface area contributed by atoms with Crippen LogP contribution in [-0.2, 0) is 22.4 Å². The number of hydrogen-bond donors (Lipinski definition) is 2. The van der Waals surface area contributed by atoms with Gasteiger partial charge in [0.25, 0.3) is 5.91 Å². The molecule has 2 atom stereocenters. The molecule has 26 heavy (non-hydrogen) atoms. The van der Waals surface area contributed by atoms with Crippen LogP contribution in [0.3, 0.4) is 0 Å². The van der Waals surface area contributed by atoms with E-state index in [9.17, 15) is 14.9 Å². The summed E-state index contributed by atoms with van der Waals surface area (Å²) >= 11 is 2.60. The zero-order valence-electron chi connectivity index (χ0n) is 15.1. The predicted octanol–water partition coefficient (Wildman–Crippen LogP) is 3.06. The van der Waals surface area contributed by atoms with E-state index in [1.807, 2.05) is 0 Å². The lowest BCUT2D eigenvalue weighted by Crippen LogP contribution is -2.26. The summed E-state index contributed by atoms with van der Waals surface area (Å²) in [6.07, 6.45) is 2.87. The highest BCUT2D eigenvalue weighted by Gasteiger charge is 2.33. The number of nitriles is 1. The van der Waals surface area contributed by atoms with E-state index in [0.29, 0.717) is 16.5 Å². The van der Waals surface area contributed by atoms with Crippen molar-refractivity contribution in [2.24, 2.45) is 22.1 Å². The second kappa shape index (κ2) is 7.05. The van der Waals surface area contributed by atoms with Crippen LogP contribution in [0.15, 0.2) is 4.99 Å². The summed E-state index contributed by atoms with van der Waals surface area (Å²) < 4.78 is 0. The Labute approximate surface area is 161 Å². The lowest BCUT2D eigenvalue weighted by atomic mass is 9.72. The number of thioether (sulfide) groups is 1. The summed E-state index contributed by atoms with van der Waals surface area (Å²) in [6, 6.07) is 2.25. The summed E-state index contributed by atoms with van der Waals surface area (Å²) in [7, 11) is 0. The van der Waals surface area contributed by atoms with Crippen molar-refractivity contribution in [1.29, 1.82) is 5.26 Å². The monoisotopic (exact) mass is 390 g/mol. The first-order valence-electron chi connectivity index (χ1n) is 8.58. The Balaban J connectivity index is 1.73. The summed E-state index contributed by atoms with van der Waals surface area (Å²) in [6.45, 7) is 6.73. The van der Waals surface area contributed by atoms with Crippen LogP contribution in [0.4, 0.5) is 5.00 Å². The molecule has 3 N–H and O–H groups in total. The third kappa shape index (κ3) is 3.79. The van der Waals surface area contributed by atoms with Crippen molar-refractivity contribution >= 4 is 45.1 Å². The molecule has 8 heteroatoms. The third-order valence-corrected chi connectivity index (χ3v) is 7.14. The number of carbonyl (C=O) groups excluding carboxylic acids is 2. The molecule has 2 amide bonds. The highest BCUT2D eigenvalue weighted by Crippen LogP contribution is 2.44. The van der Waals surface area contributed by atoms with Crippen molar-refractivity contribution in [3.05, 3.63) is 16.0 Å². The van der Waals surface area contributed by atoms with Crippen LogP contribution in [0.2, 0.25) is 0 Å². The van der Waals surface area contributed by atoms with Crippen molar-refractivity contribution in [1.82, 2.24) is 0 Å². The number of amidine groups is 1. The number of carbonyl (C=O) groups is 2. The molecule has 0 spiro atoms. The number of thiophene rings is 1. The van der Waals surface area contributed by atoms with Crippen LogP contribution >= 0.6 is 23.1 Å². The second-order valence-corrected chi connectivity index (χ2v) is 10.1. The first kappa shape index (κ1) is 18.9. The number of nitrogens with one attached hydrogen (secondary N) is 1. The van der Waals surface area contributed by atoms with Gasteiger partial charge >= 0.3 is 0 Å². The Morgan fingerprint density at radius 1 is 1.46 bits per heavy atom. The fourth-order valence-electron chi connectivity index (χ4n) is 3.41. The molecular weight excluding hydrogens is 368 g/mol. The summed E-state index contributed by atoms with van der Waals surface area (Å²) in [5.41, 5.74) is 7.40. The number of fused-ring (bicyclic) bond motifs is 1. The van der Waals surface area contributed by atoms with E-state index in [4.69, 9.17) is 5.73 Å². The van der Waals surface area contributed by atoms with Gasteiger partial charge < -0.3 is 11.1 Å². The van der Waals surface area contributed by atoms with Gasteiger partial charge in [-0.2, -0.15) is 10.3 Å². The maximum atomic E-state index is 12.4. The number of aliphatic imine (C=N–C) groups is 1. The van der Waals surface area contributed by atoms with Gasteiger partial charge in [0.2, 0.25) is 5.91 Å². The Bertz CT molecular complexity index is 829. The predicted molar refractivity (Wildman–Crippen MR) is 105 cm³/mol. The van der Waals surface area contributed by atoms with E-state index >= 15 is 0 Å². The van der Waals surface area contributed by atoms with Crippen molar-refractivity contribution in [2.45, 2.75) is 51.7 Å². The Morgan fingerprint density at radius 2 is 2.19 bits per heavy atom. The van der Waals surface area contributed by atoms with Crippen LogP contribution in [-0.4, -0.2) is 22.2 Å². The van der Waals surface area contributed by atoms with Crippen LogP contribution < -0.4 is 11.1 Å². The minimum atomic E-state index is -0.569. The molecule has 1 aromatic rings. The fourth-order valence-corrected chi connectivity index (χ4v) is 5.53. The largest absolute Gasteiger partial charge is 0.378 e. The second-order valence-electron chi connectivity index (χ2n) is 7.77. The number of nitrogens with zero attached hydrogens (tertiary/aromatic N) is 2. The molecule has 2 unspecified atom stereocenters. The minimum absolute atomic E-state index is 0.00571. The fraction of sp³-hybridized carbons (Fsp3) is 0.556. The molecule has 0 aromatic carbocycles. The van der Waals surface area contributed by atoms with Gasteiger partial charge in [0.05, 0.1) is 5.56 Å². The smallest absolute Gasteiger partial charge is 0.262 e. The SMILES string of the molecule is CC(C)(C)C1CCc2c(sc(NC(=O)CC3SC(N)=NC3=O)c2C#N)C1. The molecule has 2 heterocycles. The zero-order valence-corrected chi connectivity index (χ0v) is 16.7. The molecular formula is C18H22N4O2S2. The van der Waals surface area contributed by atoms with Gasteiger partial charge in [-0.25, -0.2) is 0 Å². The number of hydrogen-bond acceptors (Lipinski definition) is 6. The van der Waals surface area contributed by atoms with Gasteiger partial charge in [-0.05, 0) is 36.2 Å². The van der Waals surface area contributed by atoms with Crippen molar-refractivity contribution in [2.75, 3.05) is 5.32 Å². The van der Waals surface area contributed by atoms with E-state index in [-0.39, 0.29) is 28.8 Å². The van der Waals surface area contributed by atoms with Crippen LogP contribution in [0.25, 0.3) is 0 Å². The molecule has 1 aliphatic heterocycles. The summed E-state index contributed by atoms with van der Waals surface area (Å²) in [4.78, 5) is 28.9. The van der Waals surface area contributed by atoms with E-state index in [0.717, 1.165) is 36.6 Å². The third-order valence-electron chi connectivity index (χ3n) is 4.98. The van der Waals surface area contributed by atoms with E-state index in [1.165, 1.54) is 16.2 Å². The minimum Gasteiger partial charge on any atom is -0.378 e. The maximum Gasteiger partial charge on any atom is 0.262 e. The Hall–Kier alpha value is -1.85. The van der Waals surface area contributed by atoms with E-state index < -0.39 is 5.25 Å². The average molecular weight is 391 g/mol. The number of rotatable bonds is 3. The van der Waals surface area contributed by atoms with Gasteiger partial charge in [-0.15, -0.1) is 11.3 Å². The summed E-state index contributed by atoms with van der Waals surface area (Å²) in [5, 5.41) is 12.6. The standard InChI is InChI=1S/C18H22N4O2S2/c1-18(2,3)9-4-5-10-11(8-19)16(25-12(10)6-9)21-14(23)7-13-15(24)22-17(20)26-13/h9,13H,4-7H2,1-3H3,(H,21,23)(H2,20,22,24). The molecule has 0 fully saturated rings. The van der Waals surface area contributed by atoms with Crippen LogP contribution in [0.5, 0.6) is 0 Å². The molecule has 1 aromatic heterocycles. The molecule has 0 saturated heterocycles. The molecule has 0 bridgehead atoms. The van der Waals surface area contributed by atoms with E-state index in [1.54, 1.807) is 0 Å². The van der Waals surface area contributed by atoms with E-state index in [2.05, 4.69) is 37.1 Å². The highest BCUT2D eigenvalue weighted by molar-refractivity contribution is 8.15. The van der Waals surface area contributed by atoms with Gasteiger partial charge in [-0.1, -0.05) is 32.5 Å². The number of amides is 2. The number of anilines is 1. The zero-order chi connectivity index (χ0) is 19.1. The number of nitrogens with two attached hydrogens (primary N) is 1. The average Bonchev–Trinajstić information content (AvgIpc) is 3.04. The normalized spacial score (nSPS) is 22.5. The lowest BCUT2D eigenvalue weighted by Gasteiger charge is -2.33. The van der Waals surface area contributed by atoms with Gasteiger partial charge in [-0.3, -0.25) is 9.59 Å². The first-order valence-corrected chi connectivity index (χ1v) is 10.3. The van der Waals surface area contributed by atoms with Crippen LogP contribution in [0, 0.1) is 22.7 Å². The maximum absolute atomic E-state index is 12.4. The molecule has 1 aliphatic carbocycles. The van der Waals surface area contributed by atoms with Gasteiger partial charge in [0.1, 0.15) is 16.3 Å². The molecule has 0 saturated carbocycles. The van der Waals surface area contributed by atoms with Crippen LogP contribution in [0.1, 0.15) is 49.6 Å². The topological polar surface area (TPSA) is 108 Å². The quantitative estimate of drug-likeness (QED) is 0.824. The van der Waals surface area contributed by atoms with Crippen molar-refractivity contribution in [3.8, 4) is 6.07 Å². The Morgan fingerprint density at radius 3 is 2.77 bits per heavy atom. The highest BCUT2D eigenvalue weighted by atomic mass is 32.2. The molecule has 3 rings (SSSR count). The molecule has 2 aliphatic rings. The van der Waals surface area contributed by atoms with Crippen molar-refractivity contribution in [3.63, 3.8) is 0 Å². The van der Waals surface area contributed by atoms with Gasteiger partial charge in [0, 0.05) is 11.3 Å². The molecule has 138 valence electrons. The van der Waals surface area contributed by atoms with Crippen molar-refractivity contribution < 1.29 is 9.59 Å². The molecule has 0 radical (unpaired) electrons. The summed E-state index contributed by atoms with van der Waals surface area (Å²) in [5.74, 6) is -0.0961. The van der Waals surface area contributed by atoms with Gasteiger partial charge in [0.15, 0.2) is 5.17 Å². The first-order chi connectivity index (χ1) is 12.2.